The molecule has 0 aliphatic rings. The van der Waals surface area contributed by atoms with Crippen LogP contribution >= 0.6 is 15.9 Å². The number of aromatic carboxylic acids is 1. The predicted molar refractivity (Wildman–Crippen MR) is 69.9 cm³/mol. The van der Waals surface area contributed by atoms with Crippen LogP contribution in [0.5, 0.6) is 0 Å². The number of benzene rings is 1. The van der Waals surface area contributed by atoms with Crippen LogP contribution in [0, 0.1) is 0 Å². The zero-order valence-electron chi connectivity index (χ0n) is 9.13. The molecule has 4 nitrogen and oxygen atoms in total. The molecular weight excluding hydrogens is 320 g/mol. The second-order valence-electron chi connectivity index (χ2n) is 3.51. The van der Waals surface area contributed by atoms with Crippen molar-refractivity contribution in [3.05, 3.63) is 52.4 Å². The number of rotatable bonds is 4. The molecule has 2 rings (SSSR count). The number of carboxylic acid groups (broad SMARTS) is 1. The van der Waals surface area contributed by atoms with Gasteiger partial charge in [0.05, 0.1) is 16.6 Å². The predicted octanol–water partition coefficient (Wildman–Crippen LogP) is 3.05. The minimum Gasteiger partial charge on any atom is -0.475 e. The number of carbonyl (C=O) groups is 1. The van der Waals surface area contributed by atoms with E-state index < -0.39 is 16.8 Å². The molecule has 1 aromatic carbocycles. The number of hydrogen-bond acceptors (Lipinski definition) is 3. The summed E-state index contributed by atoms with van der Waals surface area (Å²) < 4.78 is 18.0. The van der Waals surface area contributed by atoms with Crippen molar-refractivity contribution in [2.24, 2.45) is 0 Å². The Balaban J connectivity index is 2.11. The van der Waals surface area contributed by atoms with Gasteiger partial charge in [0.1, 0.15) is 5.76 Å². The molecule has 0 fully saturated rings. The zero-order valence-corrected chi connectivity index (χ0v) is 11.5. The van der Waals surface area contributed by atoms with E-state index in [0.717, 1.165) is 4.47 Å². The number of hydrogen-bond donors (Lipinski definition) is 1. The molecule has 0 aliphatic carbocycles. The minimum atomic E-state index is -1.25. The third-order valence-electron chi connectivity index (χ3n) is 2.22. The molecule has 1 heterocycles. The van der Waals surface area contributed by atoms with Gasteiger partial charge in [-0.05, 0) is 36.4 Å². The lowest BCUT2D eigenvalue weighted by atomic mass is 10.4. The molecule has 0 saturated carbocycles. The van der Waals surface area contributed by atoms with E-state index in [1.165, 1.54) is 12.1 Å². The third kappa shape index (κ3) is 3.08. The molecule has 0 spiro atoms. The van der Waals surface area contributed by atoms with Crippen molar-refractivity contribution in [3.63, 3.8) is 0 Å². The number of furan rings is 1. The fourth-order valence-corrected chi connectivity index (χ4v) is 2.65. The highest BCUT2D eigenvalue weighted by atomic mass is 79.9. The lowest BCUT2D eigenvalue weighted by Crippen LogP contribution is -1.96. The van der Waals surface area contributed by atoms with Crippen LogP contribution in [0.4, 0.5) is 0 Å². The first-order valence-electron chi connectivity index (χ1n) is 5.02. The number of carboxylic acids is 1. The van der Waals surface area contributed by atoms with Gasteiger partial charge in [0.15, 0.2) is 0 Å². The van der Waals surface area contributed by atoms with Crippen LogP contribution in [0.3, 0.4) is 0 Å². The van der Waals surface area contributed by atoms with E-state index in [1.54, 1.807) is 24.3 Å². The fourth-order valence-electron chi connectivity index (χ4n) is 1.37. The summed E-state index contributed by atoms with van der Waals surface area (Å²) in [4.78, 5) is 11.3. The van der Waals surface area contributed by atoms with Crippen LogP contribution in [-0.2, 0) is 16.6 Å². The van der Waals surface area contributed by atoms with Gasteiger partial charge in [0.25, 0.3) is 0 Å². The lowest BCUT2D eigenvalue weighted by Gasteiger charge is -2.00. The van der Waals surface area contributed by atoms with Crippen LogP contribution in [0.15, 0.2) is 50.2 Å². The van der Waals surface area contributed by atoms with Crippen LogP contribution in [0.25, 0.3) is 0 Å². The van der Waals surface area contributed by atoms with Crippen LogP contribution in [0.1, 0.15) is 16.3 Å². The third-order valence-corrected chi connectivity index (χ3v) is 4.10. The molecule has 1 N–H and O–H groups in total. The number of halogens is 1. The topological polar surface area (TPSA) is 67.5 Å². The quantitative estimate of drug-likeness (QED) is 0.936. The smallest absolute Gasteiger partial charge is 0.371 e. The van der Waals surface area contributed by atoms with Crippen molar-refractivity contribution in [2.45, 2.75) is 10.6 Å². The maximum absolute atomic E-state index is 12.0. The van der Waals surface area contributed by atoms with Crippen LogP contribution in [0.2, 0.25) is 0 Å². The molecule has 1 aromatic heterocycles. The Hall–Kier alpha value is -1.40. The van der Waals surface area contributed by atoms with Gasteiger partial charge in [-0.15, -0.1) is 0 Å². The summed E-state index contributed by atoms with van der Waals surface area (Å²) in [5.41, 5.74) is 0. The standard InChI is InChI=1S/C12H9BrO4S/c13-8-1-4-10(5-2-8)18(16)7-9-3-6-11(17-9)12(14)15/h1-6H,7H2,(H,14,15). The highest BCUT2D eigenvalue weighted by molar-refractivity contribution is 9.10. The molecular formula is C12H9BrO4S. The summed E-state index contributed by atoms with van der Waals surface area (Å²) in [6.45, 7) is 0. The summed E-state index contributed by atoms with van der Waals surface area (Å²) in [6, 6.07) is 10.00. The Bertz CT molecular complexity index is 588. The van der Waals surface area contributed by atoms with Gasteiger partial charge in [-0.2, -0.15) is 0 Å². The summed E-state index contributed by atoms with van der Waals surface area (Å²) in [5.74, 6) is -0.711. The molecule has 2 aromatic rings. The highest BCUT2D eigenvalue weighted by Gasteiger charge is 2.12. The van der Waals surface area contributed by atoms with Gasteiger partial charge in [0.2, 0.25) is 5.76 Å². The largest absolute Gasteiger partial charge is 0.475 e. The maximum atomic E-state index is 12.0. The van der Waals surface area contributed by atoms with Crippen molar-refractivity contribution in [2.75, 3.05) is 0 Å². The molecule has 1 atom stereocenters. The lowest BCUT2D eigenvalue weighted by molar-refractivity contribution is 0.0661. The fraction of sp³-hybridized carbons (Fsp3) is 0.0833. The Kier molecular flexibility index (Phi) is 3.98. The van der Waals surface area contributed by atoms with E-state index in [1.807, 2.05) is 0 Å². The summed E-state index contributed by atoms with van der Waals surface area (Å²) in [6.07, 6.45) is 0. The van der Waals surface area contributed by atoms with E-state index in [-0.39, 0.29) is 11.5 Å². The maximum Gasteiger partial charge on any atom is 0.371 e. The molecule has 1 unspecified atom stereocenters. The van der Waals surface area contributed by atoms with E-state index in [9.17, 15) is 9.00 Å². The molecule has 0 amide bonds. The van der Waals surface area contributed by atoms with Gasteiger partial charge in [-0.3, -0.25) is 4.21 Å². The SMILES string of the molecule is O=C(O)c1ccc(CS(=O)c2ccc(Br)cc2)o1. The van der Waals surface area contributed by atoms with Gasteiger partial charge in [-0.25, -0.2) is 4.79 Å². The van der Waals surface area contributed by atoms with E-state index in [0.29, 0.717) is 10.7 Å². The molecule has 0 saturated heterocycles. The first kappa shape index (κ1) is 13.0. The molecule has 0 aliphatic heterocycles. The van der Waals surface area contributed by atoms with Crippen LogP contribution < -0.4 is 0 Å². The molecule has 94 valence electrons. The van der Waals surface area contributed by atoms with Crippen LogP contribution in [-0.4, -0.2) is 15.3 Å². The van der Waals surface area contributed by atoms with E-state index in [4.69, 9.17) is 9.52 Å². The molecule has 6 heteroatoms. The summed E-state index contributed by atoms with van der Waals surface area (Å²) in [7, 11) is -1.25. The average molecular weight is 329 g/mol. The molecule has 0 bridgehead atoms. The zero-order chi connectivity index (χ0) is 13.1. The Morgan fingerprint density at radius 3 is 2.44 bits per heavy atom. The van der Waals surface area contributed by atoms with Crippen molar-refractivity contribution >= 4 is 32.7 Å². The monoisotopic (exact) mass is 328 g/mol. The first-order valence-corrected chi connectivity index (χ1v) is 7.13. The van der Waals surface area contributed by atoms with Gasteiger partial charge in [0, 0.05) is 9.37 Å². The van der Waals surface area contributed by atoms with E-state index in [2.05, 4.69) is 15.9 Å². The Morgan fingerprint density at radius 1 is 1.22 bits per heavy atom. The van der Waals surface area contributed by atoms with Crippen molar-refractivity contribution in [1.82, 2.24) is 0 Å². The second-order valence-corrected chi connectivity index (χ2v) is 5.88. The minimum absolute atomic E-state index is 0.141. The Morgan fingerprint density at radius 2 is 1.89 bits per heavy atom. The normalized spacial score (nSPS) is 12.3. The Labute approximate surface area is 114 Å². The summed E-state index contributed by atoms with van der Waals surface area (Å²) in [5, 5.41) is 8.71. The van der Waals surface area contributed by atoms with Crippen molar-refractivity contribution in [3.8, 4) is 0 Å². The molecule has 0 radical (unpaired) electrons. The van der Waals surface area contributed by atoms with Gasteiger partial charge in [-0.1, -0.05) is 15.9 Å². The summed E-state index contributed by atoms with van der Waals surface area (Å²) >= 11 is 3.30. The van der Waals surface area contributed by atoms with Crippen molar-refractivity contribution in [1.29, 1.82) is 0 Å². The van der Waals surface area contributed by atoms with Crippen molar-refractivity contribution < 1.29 is 18.5 Å². The second kappa shape index (κ2) is 5.49. The first-order chi connectivity index (χ1) is 8.56. The molecule has 18 heavy (non-hydrogen) atoms. The van der Waals surface area contributed by atoms with Gasteiger partial charge < -0.3 is 9.52 Å². The highest BCUT2D eigenvalue weighted by Crippen LogP contribution is 2.17. The van der Waals surface area contributed by atoms with Gasteiger partial charge >= 0.3 is 5.97 Å². The average Bonchev–Trinajstić information content (AvgIpc) is 2.78. The van der Waals surface area contributed by atoms with E-state index >= 15 is 0 Å².